The molecule has 0 unspecified atom stereocenters. The van der Waals surface area contributed by atoms with Crippen molar-refractivity contribution in [3.05, 3.63) is 52.0 Å². The van der Waals surface area contributed by atoms with Crippen LogP contribution in [0.5, 0.6) is 5.75 Å². The smallest absolute Gasteiger partial charge is 0.165 e. The number of ether oxygens (including phenoxy) is 1. The highest BCUT2D eigenvalue weighted by Crippen LogP contribution is 2.22. The van der Waals surface area contributed by atoms with Gasteiger partial charge < -0.3 is 10.1 Å². The summed E-state index contributed by atoms with van der Waals surface area (Å²) in [5.41, 5.74) is 2.21. The fourth-order valence-corrected chi connectivity index (χ4v) is 2.74. The molecule has 1 aromatic heterocycles. The van der Waals surface area contributed by atoms with Crippen molar-refractivity contribution in [1.29, 1.82) is 0 Å². The molecule has 0 bridgehead atoms. The quantitative estimate of drug-likeness (QED) is 0.838. The molecule has 0 atom stereocenters. The summed E-state index contributed by atoms with van der Waals surface area (Å²) in [4.78, 5) is 0. The fraction of sp³-hybridized carbons (Fsp3) is 0.375. The molecular formula is C16H18FNOS. The Kier molecular flexibility index (Phi) is 4.33. The van der Waals surface area contributed by atoms with Crippen LogP contribution in [0.4, 0.5) is 4.39 Å². The van der Waals surface area contributed by atoms with Gasteiger partial charge in [0.1, 0.15) is 0 Å². The number of nitrogens with one attached hydrogen (secondary N) is 1. The van der Waals surface area contributed by atoms with Gasteiger partial charge in [-0.3, -0.25) is 0 Å². The van der Waals surface area contributed by atoms with E-state index in [-0.39, 0.29) is 5.82 Å². The summed E-state index contributed by atoms with van der Waals surface area (Å²) < 4.78 is 19.4. The Bertz CT molecular complexity index is 552. The summed E-state index contributed by atoms with van der Waals surface area (Å²) in [7, 11) is 0. The minimum Gasteiger partial charge on any atom is -0.490 e. The topological polar surface area (TPSA) is 21.3 Å². The minimum absolute atomic E-state index is 0.273. The average Bonchev–Trinajstić information content (AvgIpc) is 3.14. The monoisotopic (exact) mass is 291 g/mol. The first kappa shape index (κ1) is 13.6. The average molecular weight is 291 g/mol. The third kappa shape index (κ3) is 3.81. The van der Waals surface area contributed by atoms with Gasteiger partial charge in [0.25, 0.3) is 0 Å². The zero-order chi connectivity index (χ0) is 13.8. The zero-order valence-electron chi connectivity index (χ0n) is 11.3. The van der Waals surface area contributed by atoms with E-state index < -0.39 is 0 Å². The molecule has 0 aliphatic heterocycles. The van der Waals surface area contributed by atoms with Crippen molar-refractivity contribution < 1.29 is 9.13 Å². The molecule has 1 aliphatic rings. The van der Waals surface area contributed by atoms with E-state index in [1.165, 1.54) is 18.4 Å². The predicted molar refractivity (Wildman–Crippen MR) is 79.8 cm³/mol. The van der Waals surface area contributed by atoms with Crippen molar-refractivity contribution in [3.8, 4) is 5.75 Å². The molecule has 1 saturated carbocycles. The second-order valence-corrected chi connectivity index (χ2v) is 5.93. The number of hydrogen-bond donors (Lipinski definition) is 1. The first-order valence-electron chi connectivity index (χ1n) is 6.97. The van der Waals surface area contributed by atoms with E-state index in [9.17, 15) is 4.39 Å². The van der Waals surface area contributed by atoms with Crippen molar-refractivity contribution in [2.75, 3.05) is 6.61 Å². The van der Waals surface area contributed by atoms with Gasteiger partial charge in [-0.25, -0.2) is 4.39 Å². The van der Waals surface area contributed by atoms with Crippen LogP contribution >= 0.6 is 11.3 Å². The molecule has 1 heterocycles. The molecule has 0 saturated heterocycles. The van der Waals surface area contributed by atoms with Crippen molar-refractivity contribution >= 4 is 11.3 Å². The molecule has 0 radical (unpaired) electrons. The van der Waals surface area contributed by atoms with Gasteiger partial charge in [-0.1, -0.05) is 6.07 Å². The molecule has 2 nitrogen and oxygen atoms in total. The third-order valence-electron chi connectivity index (χ3n) is 3.40. The standard InChI is InChI=1S/C16H18FNOS/c17-15-9-13(10-18-14-2-3-14)1-4-16(15)19-7-5-12-6-8-20-11-12/h1,4,6,8-9,11,14,18H,2-3,5,7,10H2. The molecule has 1 fully saturated rings. The Morgan fingerprint density at radius 2 is 2.15 bits per heavy atom. The van der Waals surface area contributed by atoms with Gasteiger partial charge >= 0.3 is 0 Å². The van der Waals surface area contributed by atoms with Crippen LogP contribution in [0.25, 0.3) is 0 Å². The molecule has 0 spiro atoms. The van der Waals surface area contributed by atoms with Crippen LogP contribution < -0.4 is 10.1 Å². The first-order chi connectivity index (χ1) is 9.81. The maximum absolute atomic E-state index is 13.9. The Hall–Kier alpha value is -1.39. The van der Waals surface area contributed by atoms with Crippen LogP contribution in [-0.2, 0) is 13.0 Å². The van der Waals surface area contributed by atoms with Gasteiger partial charge in [-0.2, -0.15) is 11.3 Å². The number of benzene rings is 1. The van der Waals surface area contributed by atoms with E-state index in [2.05, 4.69) is 16.8 Å². The SMILES string of the molecule is Fc1cc(CNC2CC2)ccc1OCCc1ccsc1. The van der Waals surface area contributed by atoms with Crippen LogP contribution in [-0.4, -0.2) is 12.6 Å². The Morgan fingerprint density at radius 3 is 2.85 bits per heavy atom. The van der Waals surface area contributed by atoms with E-state index >= 15 is 0 Å². The highest BCUT2D eigenvalue weighted by atomic mass is 32.1. The van der Waals surface area contributed by atoms with Gasteiger partial charge in [0.15, 0.2) is 11.6 Å². The lowest BCUT2D eigenvalue weighted by molar-refractivity contribution is 0.305. The summed E-state index contributed by atoms with van der Waals surface area (Å²) in [6.07, 6.45) is 3.30. The Balaban J connectivity index is 1.50. The fourth-order valence-electron chi connectivity index (χ4n) is 2.03. The number of rotatable bonds is 7. The molecule has 4 heteroatoms. The van der Waals surface area contributed by atoms with Gasteiger partial charge in [0.2, 0.25) is 0 Å². The summed E-state index contributed by atoms with van der Waals surface area (Å²) >= 11 is 1.67. The third-order valence-corrected chi connectivity index (χ3v) is 4.13. The lowest BCUT2D eigenvalue weighted by atomic mass is 10.2. The maximum Gasteiger partial charge on any atom is 0.165 e. The summed E-state index contributed by atoms with van der Waals surface area (Å²) in [6, 6.07) is 7.93. The predicted octanol–water partition coefficient (Wildman–Crippen LogP) is 3.76. The largest absolute Gasteiger partial charge is 0.490 e. The molecular weight excluding hydrogens is 273 g/mol. The van der Waals surface area contributed by atoms with E-state index in [0.717, 1.165) is 18.5 Å². The molecule has 1 aliphatic carbocycles. The molecule has 20 heavy (non-hydrogen) atoms. The van der Waals surface area contributed by atoms with Crippen LogP contribution in [0, 0.1) is 5.82 Å². The Morgan fingerprint density at radius 1 is 1.25 bits per heavy atom. The van der Waals surface area contributed by atoms with Crippen LogP contribution in [0.15, 0.2) is 35.0 Å². The van der Waals surface area contributed by atoms with Gasteiger partial charge in [-0.15, -0.1) is 0 Å². The second-order valence-electron chi connectivity index (χ2n) is 5.15. The molecule has 1 aromatic carbocycles. The van der Waals surface area contributed by atoms with Crippen molar-refractivity contribution in [1.82, 2.24) is 5.32 Å². The highest BCUT2D eigenvalue weighted by molar-refractivity contribution is 7.07. The van der Waals surface area contributed by atoms with Gasteiger partial charge in [0, 0.05) is 19.0 Å². The summed E-state index contributed by atoms with van der Waals surface area (Å²) in [6.45, 7) is 1.24. The van der Waals surface area contributed by atoms with E-state index in [0.29, 0.717) is 18.4 Å². The van der Waals surface area contributed by atoms with Crippen LogP contribution in [0.1, 0.15) is 24.0 Å². The van der Waals surface area contributed by atoms with Crippen molar-refractivity contribution in [2.24, 2.45) is 0 Å². The first-order valence-corrected chi connectivity index (χ1v) is 7.91. The second kappa shape index (κ2) is 6.37. The molecule has 2 aromatic rings. The maximum atomic E-state index is 13.9. The molecule has 1 N–H and O–H groups in total. The molecule has 0 amide bonds. The molecule has 106 valence electrons. The highest BCUT2D eigenvalue weighted by Gasteiger charge is 2.20. The summed E-state index contributed by atoms with van der Waals surface area (Å²) in [5, 5.41) is 7.50. The van der Waals surface area contributed by atoms with E-state index in [1.807, 2.05) is 11.4 Å². The lowest BCUT2D eigenvalue weighted by Crippen LogP contribution is -2.15. The summed E-state index contributed by atoms with van der Waals surface area (Å²) in [5.74, 6) is 0.0702. The minimum atomic E-state index is -0.273. The normalized spacial score (nSPS) is 14.4. The van der Waals surface area contributed by atoms with Crippen LogP contribution in [0.3, 0.4) is 0 Å². The van der Waals surface area contributed by atoms with Crippen molar-refractivity contribution in [2.45, 2.75) is 31.8 Å². The van der Waals surface area contributed by atoms with Crippen molar-refractivity contribution in [3.63, 3.8) is 0 Å². The van der Waals surface area contributed by atoms with E-state index in [4.69, 9.17) is 4.74 Å². The number of halogens is 1. The van der Waals surface area contributed by atoms with Crippen LogP contribution in [0.2, 0.25) is 0 Å². The van der Waals surface area contributed by atoms with Gasteiger partial charge in [0.05, 0.1) is 6.61 Å². The van der Waals surface area contributed by atoms with Gasteiger partial charge in [-0.05, 0) is 52.9 Å². The molecule has 3 rings (SSSR count). The van der Waals surface area contributed by atoms with E-state index in [1.54, 1.807) is 23.5 Å². The Labute approximate surface area is 122 Å². The number of thiophene rings is 1. The zero-order valence-corrected chi connectivity index (χ0v) is 12.1. The number of hydrogen-bond acceptors (Lipinski definition) is 3. The lowest BCUT2D eigenvalue weighted by Gasteiger charge is -2.09.